The molecular weight excluding hydrogens is 250 g/mol. The number of hydrogen-bond donors (Lipinski definition) is 2. The lowest BCUT2D eigenvalue weighted by Crippen LogP contribution is -2.50. The summed E-state index contributed by atoms with van der Waals surface area (Å²) in [6.07, 6.45) is 3.88. The Kier molecular flexibility index (Phi) is 4.21. The van der Waals surface area contributed by atoms with E-state index in [4.69, 9.17) is 0 Å². The van der Waals surface area contributed by atoms with E-state index < -0.39 is 0 Å². The van der Waals surface area contributed by atoms with Crippen LogP contribution >= 0.6 is 0 Å². The second kappa shape index (κ2) is 6.27. The Balaban J connectivity index is 1.64. The first-order valence-corrected chi connectivity index (χ1v) is 7.66. The van der Waals surface area contributed by atoms with Crippen molar-refractivity contribution < 1.29 is 4.79 Å². The smallest absolute Gasteiger partial charge is 0.225 e. The average Bonchev–Trinajstić information content (AvgIpc) is 2.44. The van der Waals surface area contributed by atoms with E-state index >= 15 is 0 Å². The molecule has 2 fully saturated rings. The van der Waals surface area contributed by atoms with E-state index in [0.29, 0.717) is 6.54 Å². The number of benzene rings is 1. The standard InChI is InChI=1S/C16H23N3O/c20-16(14-10-17-11-14)18-12-13-6-2-3-7-15(13)19-8-4-1-5-9-19/h2-3,6-7,14,17H,1,4-5,8-12H2,(H,18,20). The molecule has 1 aromatic rings. The monoisotopic (exact) mass is 273 g/mol. The Morgan fingerprint density at radius 3 is 2.65 bits per heavy atom. The maximum atomic E-state index is 11.9. The molecule has 20 heavy (non-hydrogen) atoms. The minimum atomic E-state index is 0.164. The predicted molar refractivity (Wildman–Crippen MR) is 80.7 cm³/mol. The Hall–Kier alpha value is -1.55. The third-order valence-electron chi connectivity index (χ3n) is 4.29. The number of amides is 1. The molecule has 2 aliphatic heterocycles. The van der Waals surface area contributed by atoms with Crippen LogP contribution in [0.25, 0.3) is 0 Å². The summed E-state index contributed by atoms with van der Waals surface area (Å²) < 4.78 is 0. The van der Waals surface area contributed by atoms with E-state index in [1.165, 1.54) is 30.5 Å². The molecule has 108 valence electrons. The first kappa shape index (κ1) is 13.4. The molecule has 2 N–H and O–H groups in total. The average molecular weight is 273 g/mol. The molecule has 0 saturated carbocycles. The summed E-state index contributed by atoms with van der Waals surface area (Å²) >= 11 is 0. The van der Waals surface area contributed by atoms with E-state index in [-0.39, 0.29) is 11.8 Å². The molecule has 0 aliphatic carbocycles. The summed E-state index contributed by atoms with van der Waals surface area (Å²) in [4.78, 5) is 14.4. The van der Waals surface area contributed by atoms with Crippen LogP contribution in [0.5, 0.6) is 0 Å². The maximum Gasteiger partial charge on any atom is 0.225 e. The molecule has 3 rings (SSSR count). The van der Waals surface area contributed by atoms with Crippen LogP contribution in [0.2, 0.25) is 0 Å². The third kappa shape index (κ3) is 2.96. The van der Waals surface area contributed by atoms with Gasteiger partial charge < -0.3 is 15.5 Å². The van der Waals surface area contributed by atoms with Crippen molar-refractivity contribution >= 4 is 11.6 Å². The van der Waals surface area contributed by atoms with Crippen molar-refractivity contribution in [1.82, 2.24) is 10.6 Å². The lowest BCUT2D eigenvalue weighted by atomic mass is 10.0. The lowest BCUT2D eigenvalue weighted by molar-refractivity contribution is -0.126. The van der Waals surface area contributed by atoms with Gasteiger partial charge in [-0.3, -0.25) is 4.79 Å². The van der Waals surface area contributed by atoms with Crippen molar-refractivity contribution in [2.75, 3.05) is 31.1 Å². The van der Waals surface area contributed by atoms with Crippen LogP contribution in [0.15, 0.2) is 24.3 Å². The van der Waals surface area contributed by atoms with Crippen LogP contribution in [0, 0.1) is 5.92 Å². The van der Waals surface area contributed by atoms with Gasteiger partial charge in [0.2, 0.25) is 5.91 Å². The van der Waals surface area contributed by atoms with Crippen LogP contribution in [-0.2, 0) is 11.3 Å². The van der Waals surface area contributed by atoms with Crippen molar-refractivity contribution in [1.29, 1.82) is 0 Å². The number of nitrogens with one attached hydrogen (secondary N) is 2. The molecule has 4 nitrogen and oxygen atoms in total. The molecule has 4 heteroatoms. The van der Waals surface area contributed by atoms with Gasteiger partial charge in [-0.15, -0.1) is 0 Å². The zero-order valence-corrected chi connectivity index (χ0v) is 11.9. The summed E-state index contributed by atoms with van der Waals surface area (Å²) in [7, 11) is 0. The largest absolute Gasteiger partial charge is 0.371 e. The molecule has 0 aromatic heterocycles. The maximum absolute atomic E-state index is 11.9. The third-order valence-corrected chi connectivity index (χ3v) is 4.29. The van der Waals surface area contributed by atoms with Crippen LogP contribution in [0.1, 0.15) is 24.8 Å². The molecule has 2 saturated heterocycles. The number of carbonyl (C=O) groups is 1. The Morgan fingerprint density at radius 1 is 1.20 bits per heavy atom. The highest BCUT2D eigenvalue weighted by atomic mass is 16.2. The molecular formula is C16H23N3O. The number of hydrogen-bond acceptors (Lipinski definition) is 3. The van der Waals surface area contributed by atoms with Gasteiger partial charge in [-0.2, -0.15) is 0 Å². The molecule has 2 aliphatic rings. The quantitative estimate of drug-likeness (QED) is 0.874. The fraction of sp³-hybridized carbons (Fsp3) is 0.562. The molecule has 1 amide bonds. The van der Waals surface area contributed by atoms with Crippen molar-refractivity contribution in [3.8, 4) is 0 Å². The topological polar surface area (TPSA) is 44.4 Å². The van der Waals surface area contributed by atoms with Gasteiger partial charge in [0.15, 0.2) is 0 Å². The fourth-order valence-corrected chi connectivity index (χ4v) is 2.90. The van der Waals surface area contributed by atoms with Gasteiger partial charge in [-0.1, -0.05) is 18.2 Å². The van der Waals surface area contributed by atoms with Crippen LogP contribution in [-0.4, -0.2) is 32.1 Å². The van der Waals surface area contributed by atoms with Crippen LogP contribution < -0.4 is 15.5 Å². The van der Waals surface area contributed by atoms with Gasteiger partial charge in [-0.05, 0) is 30.9 Å². The molecule has 0 spiro atoms. The Morgan fingerprint density at radius 2 is 1.95 bits per heavy atom. The predicted octanol–water partition coefficient (Wildman–Crippen LogP) is 1.51. The second-order valence-electron chi connectivity index (χ2n) is 5.75. The summed E-state index contributed by atoms with van der Waals surface area (Å²) in [5.74, 6) is 0.342. The Labute approximate surface area is 120 Å². The summed E-state index contributed by atoms with van der Waals surface area (Å²) in [5, 5.41) is 6.21. The molecule has 0 bridgehead atoms. The van der Waals surface area contributed by atoms with E-state index in [9.17, 15) is 4.79 Å². The SMILES string of the molecule is O=C(NCc1ccccc1N1CCCCC1)C1CNC1. The molecule has 0 radical (unpaired) electrons. The highest BCUT2D eigenvalue weighted by Gasteiger charge is 2.24. The van der Waals surface area contributed by atoms with Gasteiger partial charge in [0, 0.05) is 38.4 Å². The number of piperidine rings is 1. The van der Waals surface area contributed by atoms with Gasteiger partial charge in [0.25, 0.3) is 0 Å². The van der Waals surface area contributed by atoms with Crippen LogP contribution in [0.4, 0.5) is 5.69 Å². The summed E-state index contributed by atoms with van der Waals surface area (Å²) in [6.45, 7) is 4.55. The van der Waals surface area contributed by atoms with E-state index in [1.54, 1.807) is 0 Å². The van der Waals surface area contributed by atoms with Crippen molar-refractivity contribution in [2.24, 2.45) is 5.92 Å². The van der Waals surface area contributed by atoms with Crippen molar-refractivity contribution in [2.45, 2.75) is 25.8 Å². The normalized spacial score (nSPS) is 19.5. The highest BCUT2D eigenvalue weighted by Crippen LogP contribution is 2.24. The fourth-order valence-electron chi connectivity index (χ4n) is 2.90. The Bertz CT molecular complexity index is 465. The number of anilines is 1. The number of nitrogens with zero attached hydrogens (tertiary/aromatic N) is 1. The minimum absolute atomic E-state index is 0.164. The molecule has 1 aromatic carbocycles. The lowest BCUT2D eigenvalue weighted by Gasteiger charge is -2.31. The number of rotatable bonds is 4. The van der Waals surface area contributed by atoms with E-state index in [0.717, 1.165) is 26.2 Å². The first-order chi connectivity index (χ1) is 9.84. The molecule has 0 atom stereocenters. The van der Waals surface area contributed by atoms with Gasteiger partial charge in [-0.25, -0.2) is 0 Å². The van der Waals surface area contributed by atoms with Gasteiger partial charge >= 0.3 is 0 Å². The summed E-state index contributed by atoms with van der Waals surface area (Å²) in [5.41, 5.74) is 2.52. The van der Waals surface area contributed by atoms with Crippen LogP contribution in [0.3, 0.4) is 0 Å². The van der Waals surface area contributed by atoms with E-state index in [2.05, 4.69) is 39.8 Å². The number of carbonyl (C=O) groups excluding carboxylic acids is 1. The number of para-hydroxylation sites is 1. The van der Waals surface area contributed by atoms with Crippen molar-refractivity contribution in [3.63, 3.8) is 0 Å². The van der Waals surface area contributed by atoms with E-state index in [1.807, 2.05) is 0 Å². The highest BCUT2D eigenvalue weighted by molar-refractivity contribution is 5.80. The zero-order chi connectivity index (χ0) is 13.8. The van der Waals surface area contributed by atoms with Gasteiger partial charge in [0.1, 0.15) is 0 Å². The zero-order valence-electron chi connectivity index (χ0n) is 11.9. The second-order valence-corrected chi connectivity index (χ2v) is 5.75. The minimum Gasteiger partial charge on any atom is -0.371 e. The van der Waals surface area contributed by atoms with Gasteiger partial charge in [0.05, 0.1) is 5.92 Å². The summed E-state index contributed by atoms with van der Waals surface area (Å²) in [6, 6.07) is 8.45. The molecule has 2 heterocycles. The molecule has 0 unspecified atom stereocenters. The van der Waals surface area contributed by atoms with Crippen molar-refractivity contribution in [3.05, 3.63) is 29.8 Å². The first-order valence-electron chi connectivity index (χ1n) is 7.66.